The minimum Gasteiger partial charge on any atom is -0.338 e. The van der Waals surface area contributed by atoms with E-state index in [9.17, 15) is 9.59 Å². The molecule has 2 aromatic rings. The fourth-order valence-electron chi connectivity index (χ4n) is 3.38. The Kier molecular flexibility index (Phi) is 7.15. The van der Waals surface area contributed by atoms with Crippen LogP contribution in [0, 0.1) is 0 Å². The molecule has 154 valence electrons. The molecule has 0 radical (unpaired) electrons. The second-order valence-electron chi connectivity index (χ2n) is 7.51. The Hall–Kier alpha value is -2.53. The third kappa shape index (κ3) is 5.97. The van der Waals surface area contributed by atoms with Gasteiger partial charge < -0.3 is 15.5 Å². The number of nitrogens with one attached hydrogen (secondary N) is 2. The van der Waals surface area contributed by atoms with Crippen molar-refractivity contribution in [2.24, 2.45) is 0 Å². The second-order valence-corrected chi connectivity index (χ2v) is 7.95. The molecule has 3 rings (SSSR count). The summed E-state index contributed by atoms with van der Waals surface area (Å²) in [6.45, 7) is 4.72. The van der Waals surface area contributed by atoms with Gasteiger partial charge in [0.05, 0.1) is 12.5 Å². The number of anilines is 1. The largest absolute Gasteiger partial charge is 0.338 e. The molecule has 2 aromatic carbocycles. The van der Waals surface area contributed by atoms with Gasteiger partial charge in [-0.2, -0.15) is 0 Å². The summed E-state index contributed by atoms with van der Waals surface area (Å²) in [6, 6.07) is 15.3. The summed E-state index contributed by atoms with van der Waals surface area (Å²) in [6.07, 6.45) is 3.34. The Balaban J connectivity index is 1.62. The maximum atomic E-state index is 13.1. The number of hydrogen-bond donors (Lipinski definition) is 2. The first kappa shape index (κ1) is 21.2. The van der Waals surface area contributed by atoms with E-state index in [0.29, 0.717) is 29.7 Å². The standard InChI is InChI=1S/C23H28ClN3O2/c1-3-14-25-23(29)26-20-10-4-17(5-11-20)15-22(28)27(21-12-13-21)16(2)18-6-8-19(24)9-7-18/h4-11,16,21H,3,12-15H2,1-2H3,(H2,25,26,29). The monoisotopic (exact) mass is 413 g/mol. The highest BCUT2D eigenvalue weighted by atomic mass is 35.5. The van der Waals surface area contributed by atoms with Crippen molar-refractivity contribution in [3.8, 4) is 0 Å². The number of halogens is 1. The van der Waals surface area contributed by atoms with Crippen molar-refractivity contribution in [3.05, 3.63) is 64.7 Å². The number of nitrogens with zero attached hydrogens (tertiary/aromatic N) is 1. The molecular formula is C23H28ClN3O2. The molecule has 1 saturated carbocycles. The predicted molar refractivity (Wildman–Crippen MR) is 117 cm³/mol. The van der Waals surface area contributed by atoms with Gasteiger partial charge in [0, 0.05) is 23.3 Å². The highest BCUT2D eigenvalue weighted by molar-refractivity contribution is 6.30. The topological polar surface area (TPSA) is 61.4 Å². The Bertz CT molecular complexity index is 832. The SMILES string of the molecule is CCCNC(=O)Nc1ccc(CC(=O)N(C2CC2)C(C)c2ccc(Cl)cc2)cc1. The smallest absolute Gasteiger partial charge is 0.319 e. The van der Waals surface area contributed by atoms with E-state index >= 15 is 0 Å². The lowest BCUT2D eigenvalue weighted by molar-refractivity contribution is -0.133. The molecule has 29 heavy (non-hydrogen) atoms. The molecule has 1 unspecified atom stereocenters. The van der Waals surface area contributed by atoms with E-state index in [1.165, 1.54) is 0 Å². The Morgan fingerprint density at radius 2 is 1.76 bits per heavy atom. The van der Waals surface area contributed by atoms with Crippen LogP contribution in [-0.4, -0.2) is 29.4 Å². The third-order valence-corrected chi connectivity index (χ3v) is 5.35. The lowest BCUT2D eigenvalue weighted by atomic mass is 10.0. The Morgan fingerprint density at radius 1 is 1.10 bits per heavy atom. The van der Waals surface area contributed by atoms with E-state index in [-0.39, 0.29) is 18.0 Å². The van der Waals surface area contributed by atoms with Gasteiger partial charge in [-0.05, 0) is 61.6 Å². The number of amides is 3. The summed E-state index contributed by atoms with van der Waals surface area (Å²) in [5, 5.41) is 6.27. The van der Waals surface area contributed by atoms with Crippen molar-refractivity contribution >= 4 is 29.2 Å². The van der Waals surface area contributed by atoms with Crippen LogP contribution in [0.3, 0.4) is 0 Å². The first-order valence-electron chi connectivity index (χ1n) is 10.2. The number of benzene rings is 2. The lowest BCUT2D eigenvalue weighted by Gasteiger charge is -2.30. The van der Waals surface area contributed by atoms with Crippen LogP contribution >= 0.6 is 11.6 Å². The molecule has 0 aromatic heterocycles. The van der Waals surface area contributed by atoms with Gasteiger partial charge >= 0.3 is 6.03 Å². The number of carbonyl (C=O) groups is 2. The Labute approximate surface area is 177 Å². The zero-order chi connectivity index (χ0) is 20.8. The molecule has 6 heteroatoms. The van der Waals surface area contributed by atoms with Crippen molar-refractivity contribution < 1.29 is 9.59 Å². The molecule has 0 saturated heterocycles. The summed E-state index contributed by atoms with van der Waals surface area (Å²) in [4.78, 5) is 26.8. The molecular weight excluding hydrogens is 386 g/mol. The van der Waals surface area contributed by atoms with Crippen molar-refractivity contribution in [2.45, 2.75) is 51.6 Å². The zero-order valence-corrected chi connectivity index (χ0v) is 17.7. The van der Waals surface area contributed by atoms with E-state index in [2.05, 4.69) is 17.6 Å². The van der Waals surface area contributed by atoms with Gasteiger partial charge in [0.15, 0.2) is 0 Å². The van der Waals surface area contributed by atoms with Gasteiger partial charge in [-0.1, -0.05) is 42.8 Å². The average Bonchev–Trinajstić information content (AvgIpc) is 3.53. The molecule has 0 aliphatic heterocycles. The van der Waals surface area contributed by atoms with Gasteiger partial charge in [-0.15, -0.1) is 0 Å². The lowest BCUT2D eigenvalue weighted by Crippen LogP contribution is -2.36. The highest BCUT2D eigenvalue weighted by Gasteiger charge is 2.36. The molecule has 1 aliphatic rings. The van der Waals surface area contributed by atoms with E-state index in [0.717, 1.165) is 30.4 Å². The maximum absolute atomic E-state index is 13.1. The fraction of sp³-hybridized carbons (Fsp3) is 0.391. The highest BCUT2D eigenvalue weighted by Crippen LogP contribution is 2.35. The summed E-state index contributed by atoms with van der Waals surface area (Å²) in [7, 11) is 0. The quantitative estimate of drug-likeness (QED) is 0.627. The second kappa shape index (κ2) is 9.79. The van der Waals surface area contributed by atoms with E-state index in [1.807, 2.05) is 60.4 Å². The molecule has 2 N–H and O–H groups in total. The molecule has 0 heterocycles. The Morgan fingerprint density at radius 3 is 2.34 bits per heavy atom. The maximum Gasteiger partial charge on any atom is 0.319 e. The van der Waals surface area contributed by atoms with Gasteiger partial charge in [0.2, 0.25) is 5.91 Å². The average molecular weight is 414 g/mol. The molecule has 1 aliphatic carbocycles. The van der Waals surface area contributed by atoms with Crippen LogP contribution in [0.5, 0.6) is 0 Å². The normalized spacial score (nSPS) is 14.2. The predicted octanol–water partition coefficient (Wildman–Crippen LogP) is 5.17. The van der Waals surface area contributed by atoms with Crippen LogP contribution in [0.2, 0.25) is 5.02 Å². The van der Waals surface area contributed by atoms with Crippen LogP contribution < -0.4 is 10.6 Å². The summed E-state index contributed by atoms with van der Waals surface area (Å²) >= 11 is 6.00. The van der Waals surface area contributed by atoms with Crippen molar-refractivity contribution in [2.75, 3.05) is 11.9 Å². The molecule has 5 nitrogen and oxygen atoms in total. The molecule has 1 fully saturated rings. The van der Waals surface area contributed by atoms with Gasteiger partial charge in [0.25, 0.3) is 0 Å². The fourth-order valence-corrected chi connectivity index (χ4v) is 3.50. The molecule has 1 atom stereocenters. The van der Waals surface area contributed by atoms with Gasteiger partial charge in [0.1, 0.15) is 0 Å². The van der Waals surface area contributed by atoms with Crippen molar-refractivity contribution in [3.63, 3.8) is 0 Å². The number of rotatable bonds is 8. The van der Waals surface area contributed by atoms with Crippen LogP contribution in [0.25, 0.3) is 0 Å². The van der Waals surface area contributed by atoms with E-state index in [4.69, 9.17) is 11.6 Å². The number of hydrogen-bond acceptors (Lipinski definition) is 2. The third-order valence-electron chi connectivity index (χ3n) is 5.10. The first-order chi connectivity index (χ1) is 14.0. The molecule has 3 amide bonds. The van der Waals surface area contributed by atoms with E-state index in [1.54, 1.807) is 0 Å². The first-order valence-corrected chi connectivity index (χ1v) is 10.6. The number of carbonyl (C=O) groups excluding carboxylic acids is 2. The minimum absolute atomic E-state index is 0.00969. The minimum atomic E-state index is -0.215. The molecule has 0 spiro atoms. The summed E-state index contributed by atoms with van der Waals surface area (Å²) in [5.41, 5.74) is 2.74. The van der Waals surface area contributed by atoms with Gasteiger partial charge in [-0.3, -0.25) is 4.79 Å². The van der Waals surface area contributed by atoms with Crippen molar-refractivity contribution in [1.82, 2.24) is 10.2 Å². The van der Waals surface area contributed by atoms with Gasteiger partial charge in [-0.25, -0.2) is 4.79 Å². The number of urea groups is 1. The van der Waals surface area contributed by atoms with Crippen LogP contribution in [0.1, 0.15) is 50.3 Å². The summed E-state index contributed by atoms with van der Waals surface area (Å²) in [5.74, 6) is 0.122. The van der Waals surface area contributed by atoms with Crippen LogP contribution in [0.4, 0.5) is 10.5 Å². The zero-order valence-electron chi connectivity index (χ0n) is 17.0. The van der Waals surface area contributed by atoms with Crippen LogP contribution in [-0.2, 0) is 11.2 Å². The molecule has 0 bridgehead atoms. The summed E-state index contributed by atoms with van der Waals surface area (Å²) < 4.78 is 0. The van der Waals surface area contributed by atoms with Crippen LogP contribution in [0.15, 0.2) is 48.5 Å². The van der Waals surface area contributed by atoms with E-state index < -0.39 is 0 Å². The van der Waals surface area contributed by atoms with Crippen molar-refractivity contribution in [1.29, 1.82) is 0 Å².